The molecule has 0 radical (unpaired) electrons. The molecule has 0 heterocycles. The summed E-state index contributed by atoms with van der Waals surface area (Å²) in [5, 5.41) is 10.8. The van der Waals surface area contributed by atoms with E-state index >= 15 is 0 Å². The van der Waals surface area contributed by atoms with Crippen LogP contribution in [0, 0.1) is 40.9 Å². The monoisotopic (exact) mass is 335 g/mol. The zero-order chi connectivity index (χ0) is 16.9. The van der Waals surface area contributed by atoms with E-state index in [1.54, 1.807) is 7.11 Å². The molecule has 138 valence electrons. The largest absolute Gasteiger partial charge is 0.387 e. The molecule has 24 heavy (non-hydrogen) atoms. The van der Waals surface area contributed by atoms with Gasteiger partial charge >= 0.3 is 0 Å². The molecule has 0 bridgehead atoms. The smallest absolute Gasteiger partial charge is 0.0882 e. The molecule has 8 atom stereocenters. The van der Waals surface area contributed by atoms with Crippen molar-refractivity contribution in [2.24, 2.45) is 46.7 Å². The molecule has 4 rings (SSSR count). The molecule has 4 fully saturated rings. The second-order valence-corrected chi connectivity index (χ2v) is 9.89. The fourth-order valence-corrected chi connectivity index (χ4v) is 7.86. The molecule has 8 unspecified atom stereocenters. The predicted molar refractivity (Wildman–Crippen MR) is 96.5 cm³/mol. The predicted octanol–water partition coefficient (Wildman–Crippen LogP) is 3.59. The Balaban J connectivity index is 1.50. The summed E-state index contributed by atoms with van der Waals surface area (Å²) >= 11 is 0. The Kier molecular flexibility index (Phi) is 4.50. The van der Waals surface area contributed by atoms with E-state index in [-0.39, 0.29) is 0 Å². The Hall–Kier alpha value is -0.120. The molecule has 0 aromatic rings. The van der Waals surface area contributed by atoms with Gasteiger partial charge in [0.2, 0.25) is 0 Å². The van der Waals surface area contributed by atoms with Gasteiger partial charge in [-0.2, -0.15) is 0 Å². The lowest BCUT2D eigenvalue weighted by Crippen LogP contribution is -2.52. The SMILES string of the molecule is COCC1(O)CCC2C(CCC3C2CCC2(C)C(CN)CCC32)C1. The maximum atomic E-state index is 10.8. The molecule has 0 aromatic heterocycles. The summed E-state index contributed by atoms with van der Waals surface area (Å²) in [6.07, 6.45) is 11.5. The molecule has 3 heteroatoms. The van der Waals surface area contributed by atoms with Gasteiger partial charge in [-0.3, -0.25) is 0 Å². The van der Waals surface area contributed by atoms with Crippen LogP contribution in [0.15, 0.2) is 0 Å². The Bertz CT molecular complexity index is 469. The van der Waals surface area contributed by atoms with Crippen molar-refractivity contribution in [3.63, 3.8) is 0 Å². The number of aliphatic hydroxyl groups is 1. The molecule has 4 saturated carbocycles. The van der Waals surface area contributed by atoms with Gasteiger partial charge < -0.3 is 15.6 Å². The summed E-state index contributed by atoms with van der Waals surface area (Å²) in [6, 6.07) is 0. The van der Waals surface area contributed by atoms with Crippen LogP contribution >= 0.6 is 0 Å². The fourth-order valence-electron chi connectivity index (χ4n) is 7.86. The Morgan fingerprint density at radius 1 is 1.00 bits per heavy atom. The van der Waals surface area contributed by atoms with Crippen LogP contribution < -0.4 is 5.73 Å². The van der Waals surface area contributed by atoms with Gasteiger partial charge in [0.05, 0.1) is 12.2 Å². The second kappa shape index (κ2) is 6.25. The number of rotatable bonds is 3. The Morgan fingerprint density at radius 3 is 2.54 bits per heavy atom. The highest BCUT2D eigenvalue weighted by molar-refractivity contribution is 5.07. The summed E-state index contributed by atoms with van der Waals surface area (Å²) in [4.78, 5) is 0. The Morgan fingerprint density at radius 2 is 1.79 bits per heavy atom. The highest BCUT2D eigenvalue weighted by Crippen LogP contribution is 2.64. The molecule has 4 aliphatic rings. The number of hydrogen-bond donors (Lipinski definition) is 2. The van der Waals surface area contributed by atoms with Crippen LogP contribution in [0.4, 0.5) is 0 Å². The molecular formula is C21H37NO2. The van der Waals surface area contributed by atoms with E-state index in [1.807, 2.05) is 0 Å². The van der Waals surface area contributed by atoms with E-state index in [4.69, 9.17) is 10.5 Å². The van der Waals surface area contributed by atoms with Crippen molar-refractivity contribution in [1.29, 1.82) is 0 Å². The quantitative estimate of drug-likeness (QED) is 0.828. The number of fused-ring (bicyclic) bond motifs is 5. The zero-order valence-corrected chi connectivity index (χ0v) is 15.7. The van der Waals surface area contributed by atoms with E-state index in [0.29, 0.717) is 12.0 Å². The molecular weight excluding hydrogens is 298 g/mol. The number of nitrogens with two attached hydrogens (primary N) is 1. The van der Waals surface area contributed by atoms with Crippen LogP contribution in [0.3, 0.4) is 0 Å². The van der Waals surface area contributed by atoms with Crippen LogP contribution in [0.2, 0.25) is 0 Å². The van der Waals surface area contributed by atoms with Crippen LogP contribution in [-0.2, 0) is 4.74 Å². The minimum atomic E-state index is -0.552. The van der Waals surface area contributed by atoms with Gasteiger partial charge in [0.15, 0.2) is 0 Å². The van der Waals surface area contributed by atoms with Crippen molar-refractivity contribution in [2.45, 2.75) is 70.3 Å². The van der Waals surface area contributed by atoms with E-state index in [1.165, 1.54) is 44.9 Å². The van der Waals surface area contributed by atoms with E-state index < -0.39 is 5.60 Å². The third-order valence-electron chi connectivity index (χ3n) is 9.00. The first kappa shape index (κ1) is 17.3. The lowest BCUT2D eigenvalue weighted by atomic mass is 9.49. The van der Waals surface area contributed by atoms with Crippen molar-refractivity contribution >= 4 is 0 Å². The van der Waals surface area contributed by atoms with Gasteiger partial charge in [0.25, 0.3) is 0 Å². The standard InChI is InChI=1S/C21H37NO2/c1-20-9-7-17-16-8-10-21(23,13-24-2)11-14(16)3-5-18(17)19(20)6-4-15(20)12-22/h14-19,23H,3-13,22H2,1-2H3. The normalized spacial score (nSPS) is 54.0. The van der Waals surface area contributed by atoms with Crippen molar-refractivity contribution in [3.8, 4) is 0 Å². The van der Waals surface area contributed by atoms with Crippen LogP contribution in [-0.4, -0.2) is 31.0 Å². The van der Waals surface area contributed by atoms with Gasteiger partial charge in [-0.15, -0.1) is 0 Å². The van der Waals surface area contributed by atoms with Gasteiger partial charge in [0, 0.05) is 7.11 Å². The molecule has 0 saturated heterocycles. The van der Waals surface area contributed by atoms with Crippen molar-refractivity contribution < 1.29 is 9.84 Å². The minimum Gasteiger partial charge on any atom is -0.387 e. The van der Waals surface area contributed by atoms with Gasteiger partial charge in [0.1, 0.15) is 0 Å². The third kappa shape index (κ3) is 2.57. The first-order chi connectivity index (χ1) is 11.5. The molecule has 0 amide bonds. The average molecular weight is 336 g/mol. The summed E-state index contributed by atoms with van der Waals surface area (Å²) in [5.74, 6) is 5.14. The molecule has 0 spiro atoms. The topological polar surface area (TPSA) is 55.5 Å². The van der Waals surface area contributed by atoms with Crippen LogP contribution in [0.5, 0.6) is 0 Å². The van der Waals surface area contributed by atoms with Crippen molar-refractivity contribution in [2.75, 3.05) is 20.3 Å². The number of ether oxygens (including phenoxy) is 1. The first-order valence-electron chi connectivity index (χ1n) is 10.4. The Labute approximate surface area is 147 Å². The van der Waals surface area contributed by atoms with E-state index in [0.717, 1.165) is 54.9 Å². The van der Waals surface area contributed by atoms with Crippen LogP contribution in [0.25, 0.3) is 0 Å². The minimum absolute atomic E-state index is 0.517. The molecule has 4 aliphatic carbocycles. The zero-order valence-electron chi connectivity index (χ0n) is 15.7. The van der Waals surface area contributed by atoms with Gasteiger partial charge in [-0.1, -0.05) is 6.92 Å². The maximum absolute atomic E-state index is 10.8. The fraction of sp³-hybridized carbons (Fsp3) is 1.00. The molecule has 3 nitrogen and oxygen atoms in total. The second-order valence-electron chi connectivity index (χ2n) is 9.89. The average Bonchev–Trinajstić information content (AvgIpc) is 2.90. The summed E-state index contributed by atoms with van der Waals surface area (Å²) in [5.41, 5.74) is 6.09. The van der Waals surface area contributed by atoms with E-state index in [2.05, 4.69) is 6.92 Å². The first-order valence-corrected chi connectivity index (χ1v) is 10.4. The van der Waals surface area contributed by atoms with Crippen molar-refractivity contribution in [3.05, 3.63) is 0 Å². The maximum Gasteiger partial charge on any atom is 0.0882 e. The third-order valence-corrected chi connectivity index (χ3v) is 9.00. The highest BCUT2D eigenvalue weighted by Gasteiger charge is 2.57. The lowest BCUT2D eigenvalue weighted by molar-refractivity contribution is -0.124. The number of hydrogen-bond acceptors (Lipinski definition) is 3. The molecule has 0 aromatic carbocycles. The van der Waals surface area contributed by atoms with Gasteiger partial charge in [-0.05, 0) is 105 Å². The number of methoxy groups -OCH3 is 1. The lowest BCUT2D eigenvalue weighted by Gasteiger charge is -2.57. The summed E-state index contributed by atoms with van der Waals surface area (Å²) < 4.78 is 5.30. The van der Waals surface area contributed by atoms with Gasteiger partial charge in [-0.25, -0.2) is 0 Å². The molecule has 3 N–H and O–H groups in total. The molecule has 0 aliphatic heterocycles. The van der Waals surface area contributed by atoms with Crippen molar-refractivity contribution in [1.82, 2.24) is 0 Å². The summed E-state index contributed by atoms with van der Waals surface area (Å²) in [6.45, 7) is 3.96. The van der Waals surface area contributed by atoms with E-state index in [9.17, 15) is 5.11 Å². The summed E-state index contributed by atoms with van der Waals surface area (Å²) in [7, 11) is 1.72. The van der Waals surface area contributed by atoms with Crippen LogP contribution in [0.1, 0.15) is 64.7 Å². The highest BCUT2D eigenvalue weighted by atomic mass is 16.5.